The van der Waals surface area contributed by atoms with Crippen LogP contribution in [0.15, 0.2) is 22.9 Å². The van der Waals surface area contributed by atoms with Crippen molar-refractivity contribution in [3.05, 3.63) is 28.5 Å². The Kier molecular flexibility index (Phi) is 7.35. The lowest BCUT2D eigenvalue weighted by molar-refractivity contribution is 0.140. The molecule has 1 aromatic rings. The van der Waals surface area contributed by atoms with Gasteiger partial charge in [-0.05, 0) is 53.7 Å². The van der Waals surface area contributed by atoms with Crippen LogP contribution in [-0.2, 0) is 11.2 Å². The number of hydrogen-bond acceptors (Lipinski definition) is 4. The van der Waals surface area contributed by atoms with Crippen molar-refractivity contribution < 1.29 is 4.74 Å². The zero-order valence-electron chi connectivity index (χ0n) is 10.2. The highest BCUT2D eigenvalue weighted by Crippen LogP contribution is 2.12. The van der Waals surface area contributed by atoms with Gasteiger partial charge < -0.3 is 4.74 Å². The quantitative estimate of drug-likeness (QED) is 0.438. The highest BCUT2D eigenvalue weighted by Gasteiger charge is 2.08. The van der Waals surface area contributed by atoms with Gasteiger partial charge in [0, 0.05) is 36.1 Å². The molecule has 1 unspecified atom stereocenters. The Morgan fingerprint density at radius 3 is 3.00 bits per heavy atom. The third-order valence-electron chi connectivity index (χ3n) is 2.52. The van der Waals surface area contributed by atoms with Crippen LogP contribution in [0.25, 0.3) is 0 Å². The summed E-state index contributed by atoms with van der Waals surface area (Å²) in [7, 11) is 0. The molecule has 0 saturated carbocycles. The van der Waals surface area contributed by atoms with Crippen LogP contribution in [0.4, 0.5) is 0 Å². The number of nitrogens with two attached hydrogens (primary N) is 1. The Morgan fingerprint density at radius 1 is 1.53 bits per heavy atom. The lowest BCUT2D eigenvalue weighted by atomic mass is 10.0. The summed E-state index contributed by atoms with van der Waals surface area (Å²) in [5.41, 5.74) is 4.03. The van der Waals surface area contributed by atoms with Gasteiger partial charge in [-0.2, -0.15) is 0 Å². The molecule has 1 rings (SSSR count). The molecule has 0 aliphatic heterocycles. The number of hydrogen-bond donors (Lipinski definition) is 2. The Bertz CT molecular complexity index is 322. The van der Waals surface area contributed by atoms with Crippen molar-refractivity contribution in [3.8, 4) is 0 Å². The molecule has 4 nitrogen and oxygen atoms in total. The zero-order chi connectivity index (χ0) is 12.5. The predicted molar refractivity (Wildman–Crippen MR) is 72.5 cm³/mol. The first-order valence-corrected chi connectivity index (χ1v) is 6.68. The second-order valence-corrected chi connectivity index (χ2v) is 4.83. The largest absolute Gasteiger partial charge is 0.382 e. The maximum absolute atomic E-state index is 5.55. The van der Waals surface area contributed by atoms with Gasteiger partial charge in [-0.1, -0.05) is 0 Å². The second kappa shape index (κ2) is 8.58. The summed E-state index contributed by atoms with van der Waals surface area (Å²) in [5.74, 6) is 5.55. The first-order valence-electron chi connectivity index (χ1n) is 5.89. The van der Waals surface area contributed by atoms with Crippen molar-refractivity contribution in [2.45, 2.75) is 32.2 Å². The molecule has 1 aromatic heterocycles. The van der Waals surface area contributed by atoms with Crippen molar-refractivity contribution in [2.75, 3.05) is 13.2 Å². The summed E-state index contributed by atoms with van der Waals surface area (Å²) < 4.78 is 6.31. The molecule has 0 fully saturated rings. The molecule has 3 N–H and O–H groups in total. The van der Waals surface area contributed by atoms with E-state index in [1.165, 1.54) is 5.56 Å². The minimum atomic E-state index is 0.270. The molecule has 0 saturated heterocycles. The number of rotatable bonds is 8. The zero-order valence-corrected chi connectivity index (χ0v) is 11.7. The summed E-state index contributed by atoms with van der Waals surface area (Å²) in [6, 6.07) is 2.34. The highest BCUT2D eigenvalue weighted by atomic mass is 79.9. The summed E-state index contributed by atoms with van der Waals surface area (Å²) in [6.07, 6.45) is 6.56. The Balaban J connectivity index is 2.35. The molecule has 96 valence electrons. The molecule has 0 aromatic carbocycles. The lowest BCUT2D eigenvalue weighted by Crippen LogP contribution is -2.37. The third-order valence-corrected chi connectivity index (χ3v) is 2.96. The van der Waals surface area contributed by atoms with Crippen LogP contribution in [0.3, 0.4) is 0 Å². The minimum Gasteiger partial charge on any atom is -0.382 e. The average molecular weight is 302 g/mol. The topological polar surface area (TPSA) is 60.2 Å². The molecule has 17 heavy (non-hydrogen) atoms. The molecule has 0 amide bonds. The number of nitrogens with one attached hydrogen (secondary N) is 1. The van der Waals surface area contributed by atoms with Crippen molar-refractivity contribution in [2.24, 2.45) is 5.84 Å². The van der Waals surface area contributed by atoms with Crippen molar-refractivity contribution in [1.29, 1.82) is 0 Å². The van der Waals surface area contributed by atoms with Gasteiger partial charge in [-0.25, -0.2) is 0 Å². The maximum Gasteiger partial charge on any atom is 0.0466 e. The van der Waals surface area contributed by atoms with Crippen molar-refractivity contribution >= 4 is 15.9 Å². The SMILES string of the molecule is CCOCCCC(Cc1cncc(Br)c1)NN. The Labute approximate surface area is 111 Å². The van der Waals surface area contributed by atoms with E-state index in [4.69, 9.17) is 10.6 Å². The number of pyridine rings is 1. The van der Waals surface area contributed by atoms with E-state index in [1.807, 2.05) is 13.1 Å². The predicted octanol–water partition coefficient (Wildman–Crippen LogP) is 2.04. The molecule has 0 spiro atoms. The van der Waals surface area contributed by atoms with Gasteiger partial charge in [0.2, 0.25) is 0 Å². The first-order chi connectivity index (χ1) is 8.26. The monoisotopic (exact) mass is 301 g/mol. The fourth-order valence-corrected chi connectivity index (χ4v) is 2.08. The first kappa shape index (κ1) is 14.6. The van der Waals surface area contributed by atoms with E-state index in [1.54, 1.807) is 6.20 Å². The van der Waals surface area contributed by atoms with Crippen molar-refractivity contribution in [1.82, 2.24) is 10.4 Å². The summed E-state index contributed by atoms with van der Waals surface area (Å²) in [4.78, 5) is 4.14. The van der Waals surface area contributed by atoms with Crippen LogP contribution >= 0.6 is 15.9 Å². The summed E-state index contributed by atoms with van der Waals surface area (Å²) in [6.45, 7) is 3.58. The molecule has 0 radical (unpaired) electrons. The normalized spacial score (nSPS) is 12.6. The molecule has 0 aliphatic rings. The molecular weight excluding hydrogens is 282 g/mol. The molecule has 0 aliphatic carbocycles. The minimum absolute atomic E-state index is 0.270. The maximum atomic E-state index is 5.55. The van der Waals surface area contributed by atoms with Crippen LogP contribution in [0, 0.1) is 0 Å². The van der Waals surface area contributed by atoms with Gasteiger partial charge in [-0.15, -0.1) is 0 Å². The third kappa shape index (κ3) is 6.12. The number of ether oxygens (including phenoxy) is 1. The van der Waals surface area contributed by atoms with Crippen LogP contribution in [0.1, 0.15) is 25.3 Å². The van der Waals surface area contributed by atoms with Crippen LogP contribution in [-0.4, -0.2) is 24.2 Å². The van der Waals surface area contributed by atoms with E-state index in [0.29, 0.717) is 0 Å². The Hall–Kier alpha value is -0.490. The van der Waals surface area contributed by atoms with E-state index in [2.05, 4.69) is 32.4 Å². The van der Waals surface area contributed by atoms with Gasteiger partial charge >= 0.3 is 0 Å². The van der Waals surface area contributed by atoms with Gasteiger partial charge in [0.1, 0.15) is 0 Å². The molecule has 1 heterocycles. The fourth-order valence-electron chi connectivity index (χ4n) is 1.67. The van der Waals surface area contributed by atoms with Crippen LogP contribution in [0.5, 0.6) is 0 Å². The standard InChI is InChI=1S/C12H20BrN3O/c1-2-17-5-3-4-12(16-14)7-10-6-11(13)9-15-8-10/h6,8-9,12,16H,2-5,7,14H2,1H3. The molecule has 0 bridgehead atoms. The molecular formula is C12H20BrN3O. The molecule has 5 heteroatoms. The van der Waals surface area contributed by atoms with Gasteiger partial charge in [0.25, 0.3) is 0 Å². The lowest BCUT2D eigenvalue weighted by Gasteiger charge is -2.15. The van der Waals surface area contributed by atoms with E-state index < -0.39 is 0 Å². The second-order valence-electron chi connectivity index (χ2n) is 3.92. The number of halogens is 1. The van der Waals surface area contributed by atoms with Crippen LogP contribution in [0.2, 0.25) is 0 Å². The number of aromatic nitrogens is 1. The van der Waals surface area contributed by atoms with E-state index in [-0.39, 0.29) is 6.04 Å². The number of hydrazine groups is 1. The smallest absolute Gasteiger partial charge is 0.0466 e. The van der Waals surface area contributed by atoms with Gasteiger partial charge in [-0.3, -0.25) is 16.3 Å². The van der Waals surface area contributed by atoms with Gasteiger partial charge in [0.05, 0.1) is 0 Å². The Morgan fingerprint density at radius 2 is 2.35 bits per heavy atom. The highest BCUT2D eigenvalue weighted by molar-refractivity contribution is 9.10. The van der Waals surface area contributed by atoms with E-state index >= 15 is 0 Å². The van der Waals surface area contributed by atoms with Crippen molar-refractivity contribution in [3.63, 3.8) is 0 Å². The average Bonchev–Trinajstić information content (AvgIpc) is 2.33. The summed E-state index contributed by atoms with van der Waals surface area (Å²) >= 11 is 3.41. The molecule has 1 atom stereocenters. The number of nitrogens with zero attached hydrogens (tertiary/aromatic N) is 1. The summed E-state index contributed by atoms with van der Waals surface area (Å²) in [5, 5.41) is 0. The van der Waals surface area contributed by atoms with Crippen LogP contribution < -0.4 is 11.3 Å². The fraction of sp³-hybridized carbons (Fsp3) is 0.583. The van der Waals surface area contributed by atoms with Gasteiger partial charge in [0.15, 0.2) is 0 Å². The van der Waals surface area contributed by atoms with E-state index in [9.17, 15) is 0 Å². The van der Waals surface area contributed by atoms with E-state index in [0.717, 1.165) is 36.9 Å².